The molecule has 2 rings (SSSR count). The average Bonchev–Trinajstić information content (AvgIpc) is 2.39. The van der Waals surface area contributed by atoms with Gasteiger partial charge in [-0.1, -0.05) is 30.4 Å². The van der Waals surface area contributed by atoms with Crippen molar-refractivity contribution >= 4 is 18.5 Å². The third kappa shape index (κ3) is 4.86. The molecule has 0 radical (unpaired) electrons. The molecule has 1 aliphatic heterocycles. The van der Waals surface area contributed by atoms with Crippen LogP contribution < -0.4 is 10.1 Å². The van der Waals surface area contributed by atoms with E-state index in [-0.39, 0.29) is 12.4 Å². The van der Waals surface area contributed by atoms with Crippen LogP contribution in [0.2, 0.25) is 0 Å². The van der Waals surface area contributed by atoms with Crippen molar-refractivity contribution in [3.63, 3.8) is 0 Å². The molecule has 0 spiro atoms. The summed E-state index contributed by atoms with van der Waals surface area (Å²) in [4.78, 5) is 2.47. The minimum absolute atomic E-state index is 0. The number of benzene rings is 1. The lowest BCUT2D eigenvalue weighted by molar-refractivity contribution is 0.227. The number of nitrogens with one attached hydrogen (secondary N) is 1. The van der Waals surface area contributed by atoms with Crippen molar-refractivity contribution in [2.24, 2.45) is 0 Å². The van der Waals surface area contributed by atoms with Crippen LogP contribution in [0.5, 0.6) is 5.75 Å². The van der Waals surface area contributed by atoms with Gasteiger partial charge in [-0.3, -0.25) is 4.90 Å². The molecule has 19 heavy (non-hydrogen) atoms. The number of ether oxygens (including phenoxy) is 1. The fraction of sp³-hybridized carbons (Fsp3) is 0.467. The van der Waals surface area contributed by atoms with Crippen LogP contribution in [0.1, 0.15) is 12.5 Å². The van der Waals surface area contributed by atoms with Gasteiger partial charge in [-0.25, -0.2) is 0 Å². The zero-order valence-corrected chi connectivity index (χ0v) is 12.5. The zero-order valence-electron chi connectivity index (χ0n) is 11.6. The van der Waals surface area contributed by atoms with E-state index in [1.807, 2.05) is 18.2 Å². The largest absolute Gasteiger partial charge is 0.496 e. The van der Waals surface area contributed by atoms with Crippen molar-refractivity contribution in [1.82, 2.24) is 10.2 Å². The molecular weight excluding hydrogens is 260 g/mol. The number of nitrogens with zero attached hydrogens (tertiary/aromatic N) is 1. The Bertz CT molecular complexity index is 409. The van der Waals surface area contributed by atoms with Crippen LogP contribution in [0, 0.1) is 0 Å². The molecule has 1 aliphatic rings. The summed E-state index contributed by atoms with van der Waals surface area (Å²) in [7, 11) is 1.71. The van der Waals surface area contributed by atoms with Gasteiger partial charge < -0.3 is 10.1 Å². The Balaban J connectivity index is 0.00000180. The Hall–Kier alpha value is -1.03. The minimum atomic E-state index is 0. The predicted octanol–water partition coefficient (Wildman–Crippen LogP) is 2.42. The second-order valence-corrected chi connectivity index (χ2v) is 4.76. The van der Waals surface area contributed by atoms with Crippen LogP contribution in [0.25, 0.3) is 6.08 Å². The monoisotopic (exact) mass is 282 g/mol. The zero-order chi connectivity index (χ0) is 12.8. The molecule has 1 aromatic rings. The summed E-state index contributed by atoms with van der Waals surface area (Å²) in [6.45, 7) is 6.57. The molecule has 1 atom stereocenters. The Labute approximate surface area is 122 Å². The van der Waals surface area contributed by atoms with Gasteiger partial charge in [0.2, 0.25) is 0 Å². The normalized spacial score (nSPS) is 20.2. The fourth-order valence-electron chi connectivity index (χ4n) is 2.31. The van der Waals surface area contributed by atoms with Crippen molar-refractivity contribution in [1.29, 1.82) is 0 Å². The maximum Gasteiger partial charge on any atom is 0.126 e. The van der Waals surface area contributed by atoms with Crippen LogP contribution in [0.3, 0.4) is 0 Å². The Kier molecular flexibility index (Phi) is 6.92. The molecule has 3 nitrogen and oxygen atoms in total. The van der Waals surface area contributed by atoms with Crippen molar-refractivity contribution in [2.75, 3.05) is 33.3 Å². The van der Waals surface area contributed by atoms with Crippen molar-refractivity contribution in [2.45, 2.75) is 13.0 Å². The smallest absolute Gasteiger partial charge is 0.126 e. The van der Waals surface area contributed by atoms with Crippen LogP contribution in [0.4, 0.5) is 0 Å². The van der Waals surface area contributed by atoms with Gasteiger partial charge in [-0.15, -0.1) is 12.4 Å². The van der Waals surface area contributed by atoms with Gasteiger partial charge in [0.1, 0.15) is 5.75 Å². The van der Waals surface area contributed by atoms with Gasteiger partial charge in [0.25, 0.3) is 0 Å². The number of piperazine rings is 1. The molecule has 1 aromatic carbocycles. The first-order chi connectivity index (χ1) is 8.79. The Morgan fingerprint density at radius 1 is 1.42 bits per heavy atom. The maximum absolute atomic E-state index is 5.33. The first-order valence-corrected chi connectivity index (χ1v) is 6.55. The molecule has 1 N–H and O–H groups in total. The molecule has 0 saturated carbocycles. The van der Waals surface area contributed by atoms with Gasteiger partial charge in [0, 0.05) is 37.8 Å². The molecule has 1 fully saturated rings. The number of halogens is 1. The van der Waals surface area contributed by atoms with E-state index in [1.54, 1.807) is 7.11 Å². The van der Waals surface area contributed by atoms with Crippen LogP contribution in [-0.4, -0.2) is 44.2 Å². The van der Waals surface area contributed by atoms with E-state index in [1.165, 1.54) is 0 Å². The summed E-state index contributed by atoms with van der Waals surface area (Å²) >= 11 is 0. The summed E-state index contributed by atoms with van der Waals surface area (Å²) in [5, 5.41) is 3.45. The molecule has 106 valence electrons. The molecule has 1 saturated heterocycles. The standard InChI is InChI=1S/C15H22N2O.ClH/c1-13-12-17(11-9-16-13)10-5-7-14-6-3-4-8-15(14)18-2;/h3-8,13,16H,9-12H2,1-2H3;1H/b7-5+;. The third-order valence-corrected chi connectivity index (χ3v) is 3.25. The van der Waals surface area contributed by atoms with E-state index in [9.17, 15) is 0 Å². The van der Waals surface area contributed by atoms with E-state index in [0.29, 0.717) is 6.04 Å². The Morgan fingerprint density at radius 2 is 2.21 bits per heavy atom. The highest BCUT2D eigenvalue weighted by molar-refractivity contribution is 5.85. The molecule has 0 aromatic heterocycles. The summed E-state index contributed by atoms with van der Waals surface area (Å²) in [6, 6.07) is 8.70. The number of methoxy groups -OCH3 is 1. The first kappa shape index (κ1) is 16.0. The van der Waals surface area contributed by atoms with E-state index < -0.39 is 0 Å². The quantitative estimate of drug-likeness (QED) is 0.918. The predicted molar refractivity (Wildman–Crippen MR) is 83.2 cm³/mol. The summed E-state index contributed by atoms with van der Waals surface area (Å²) in [5.41, 5.74) is 1.14. The highest BCUT2D eigenvalue weighted by Crippen LogP contribution is 2.18. The van der Waals surface area contributed by atoms with Crippen molar-refractivity contribution in [3.8, 4) is 5.75 Å². The van der Waals surface area contributed by atoms with E-state index in [4.69, 9.17) is 4.74 Å². The second kappa shape index (κ2) is 8.20. The van der Waals surface area contributed by atoms with Gasteiger partial charge in [0.05, 0.1) is 7.11 Å². The van der Waals surface area contributed by atoms with Gasteiger partial charge in [0.15, 0.2) is 0 Å². The summed E-state index contributed by atoms with van der Waals surface area (Å²) < 4.78 is 5.33. The highest BCUT2D eigenvalue weighted by atomic mass is 35.5. The van der Waals surface area contributed by atoms with Crippen molar-refractivity contribution in [3.05, 3.63) is 35.9 Å². The SMILES string of the molecule is COc1ccccc1/C=C/CN1CCNC(C)C1.Cl. The average molecular weight is 283 g/mol. The summed E-state index contributed by atoms with van der Waals surface area (Å²) in [6.07, 6.45) is 4.36. The first-order valence-electron chi connectivity index (χ1n) is 6.55. The molecule has 0 bridgehead atoms. The van der Waals surface area contributed by atoms with Gasteiger partial charge in [-0.05, 0) is 13.0 Å². The van der Waals surface area contributed by atoms with Crippen LogP contribution in [0.15, 0.2) is 30.3 Å². The second-order valence-electron chi connectivity index (χ2n) is 4.76. The molecule has 4 heteroatoms. The van der Waals surface area contributed by atoms with Crippen LogP contribution >= 0.6 is 12.4 Å². The maximum atomic E-state index is 5.33. The lowest BCUT2D eigenvalue weighted by Gasteiger charge is -2.30. The van der Waals surface area contributed by atoms with E-state index in [2.05, 4.69) is 35.4 Å². The molecule has 0 amide bonds. The van der Waals surface area contributed by atoms with Crippen molar-refractivity contribution < 1.29 is 4.74 Å². The molecule has 1 unspecified atom stereocenters. The molecule has 1 heterocycles. The lowest BCUT2D eigenvalue weighted by atomic mass is 10.2. The van der Waals surface area contributed by atoms with Gasteiger partial charge >= 0.3 is 0 Å². The minimum Gasteiger partial charge on any atom is -0.496 e. The van der Waals surface area contributed by atoms with Crippen LogP contribution in [-0.2, 0) is 0 Å². The fourth-order valence-corrected chi connectivity index (χ4v) is 2.31. The topological polar surface area (TPSA) is 24.5 Å². The number of hydrogen-bond acceptors (Lipinski definition) is 3. The molecular formula is C15H23ClN2O. The highest BCUT2D eigenvalue weighted by Gasteiger charge is 2.13. The lowest BCUT2D eigenvalue weighted by Crippen LogP contribution is -2.49. The summed E-state index contributed by atoms with van der Waals surface area (Å²) in [5.74, 6) is 0.933. The van der Waals surface area contributed by atoms with E-state index >= 15 is 0 Å². The molecule has 0 aliphatic carbocycles. The third-order valence-electron chi connectivity index (χ3n) is 3.25. The van der Waals surface area contributed by atoms with Gasteiger partial charge in [-0.2, -0.15) is 0 Å². The van der Waals surface area contributed by atoms with E-state index in [0.717, 1.165) is 37.5 Å². The number of hydrogen-bond donors (Lipinski definition) is 1. The number of rotatable bonds is 4. The Morgan fingerprint density at radius 3 is 2.95 bits per heavy atom. The number of para-hydroxylation sites is 1.